The van der Waals surface area contributed by atoms with Crippen LogP contribution in [0.1, 0.15) is 45.6 Å². The second kappa shape index (κ2) is 13.3. The zero-order valence-electron chi connectivity index (χ0n) is 18.9. The molecule has 1 unspecified atom stereocenters. The van der Waals surface area contributed by atoms with Crippen LogP contribution in [0.2, 0.25) is 10.0 Å². The molecule has 32 heavy (non-hydrogen) atoms. The Morgan fingerprint density at radius 2 is 1.75 bits per heavy atom. The van der Waals surface area contributed by atoms with Crippen molar-refractivity contribution in [1.29, 1.82) is 0 Å². The van der Waals surface area contributed by atoms with Crippen molar-refractivity contribution < 1.29 is 14.3 Å². The van der Waals surface area contributed by atoms with Gasteiger partial charge in [-0.25, -0.2) is 0 Å². The van der Waals surface area contributed by atoms with Crippen LogP contribution in [0.3, 0.4) is 0 Å². The Balaban J connectivity index is 2.05. The molecule has 2 aromatic rings. The Hall–Kier alpha value is -2.24. The van der Waals surface area contributed by atoms with Crippen molar-refractivity contribution in [3.05, 3.63) is 64.1 Å². The first-order valence-electron chi connectivity index (χ1n) is 11.0. The summed E-state index contributed by atoms with van der Waals surface area (Å²) in [6, 6.07) is 13.9. The van der Waals surface area contributed by atoms with E-state index in [-0.39, 0.29) is 24.8 Å². The molecule has 0 aliphatic carbocycles. The van der Waals surface area contributed by atoms with E-state index in [1.807, 2.05) is 39.0 Å². The predicted octanol–water partition coefficient (Wildman–Crippen LogP) is 5.73. The van der Waals surface area contributed by atoms with Gasteiger partial charge in [-0.3, -0.25) is 9.59 Å². The number of hydrogen-bond acceptors (Lipinski definition) is 3. The van der Waals surface area contributed by atoms with E-state index in [1.165, 1.54) is 0 Å². The summed E-state index contributed by atoms with van der Waals surface area (Å²) in [7, 11) is 0. The second-order valence-corrected chi connectivity index (χ2v) is 8.93. The van der Waals surface area contributed by atoms with Gasteiger partial charge in [0.15, 0.2) is 0 Å². The summed E-state index contributed by atoms with van der Waals surface area (Å²) in [5, 5.41) is 4.18. The lowest BCUT2D eigenvalue weighted by molar-refractivity contribution is -0.141. The van der Waals surface area contributed by atoms with E-state index in [0.29, 0.717) is 47.7 Å². The van der Waals surface area contributed by atoms with Crippen LogP contribution in [-0.4, -0.2) is 35.9 Å². The summed E-state index contributed by atoms with van der Waals surface area (Å²) in [6.07, 6.45) is 1.32. The van der Waals surface area contributed by atoms with E-state index in [1.54, 1.807) is 35.2 Å². The van der Waals surface area contributed by atoms with Crippen molar-refractivity contribution in [3.63, 3.8) is 0 Å². The number of hydrogen-bond donors (Lipinski definition) is 1. The van der Waals surface area contributed by atoms with Gasteiger partial charge in [-0.05, 0) is 54.7 Å². The molecule has 1 N–H and O–H groups in total. The van der Waals surface area contributed by atoms with Crippen LogP contribution in [0, 0.1) is 5.92 Å². The van der Waals surface area contributed by atoms with Crippen molar-refractivity contribution in [2.45, 2.75) is 52.6 Å². The lowest BCUT2D eigenvalue weighted by Gasteiger charge is -2.31. The van der Waals surface area contributed by atoms with Gasteiger partial charge in [0.25, 0.3) is 0 Å². The zero-order chi connectivity index (χ0) is 23.5. The first-order valence-corrected chi connectivity index (χ1v) is 11.8. The number of carbonyl (C=O) groups excluding carboxylic acids is 2. The molecule has 7 heteroatoms. The van der Waals surface area contributed by atoms with E-state index in [2.05, 4.69) is 5.32 Å². The summed E-state index contributed by atoms with van der Waals surface area (Å²) in [4.78, 5) is 27.7. The van der Waals surface area contributed by atoms with Crippen molar-refractivity contribution in [3.8, 4) is 5.75 Å². The average molecular weight is 479 g/mol. The van der Waals surface area contributed by atoms with Crippen LogP contribution < -0.4 is 10.1 Å². The van der Waals surface area contributed by atoms with Gasteiger partial charge >= 0.3 is 0 Å². The van der Waals surface area contributed by atoms with Crippen LogP contribution >= 0.6 is 23.2 Å². The SMILES string of the molecule is CCC(C(=O)NCC(C)C)N(Cc1ccccc1Cl)C(=O)CCCOc1ccc(Cl)cc1. The third-order valence-electron chi connectivity index (χ3n) is 4.99. The van der Waals surface area contributed by atoms with Crippen LogP contribution in [0.4, 0.5) is 0 Å². The molecule has 5 nitrogen and oxygen atoms in total. The van der Waals surface area contributed by atoms with Crippen LogP contribution in [0.15, 0.2) is 48.5 Å². The van der Waals surface area contributed by atoms with Gasteiger partial charge in [0.1, 0.15) is 11.8 Å². The van der Waals surface area contributed by atoms with E-state index < -0.39 is 6.04 Å². The number of benzene rings is 2. The molecule has 1 atom stereocenters. The molecule has 2 rings (SSSR count). The maximum absolute atomic E-state index is 13.2. The van der Waals surface area contributed by atoms with Gasteiger partial charge in [-0.15, -0.1) is 0 Å². The van der Waals surface area contributed by atoms with E-state index in [9.17, 15) is 9.59 Å². The molecular formula is C25H32Cl2N2O3. The second-order valence-electron chi connectivity index (χ2n) is 8.08. The third kappa shape index (κ3) is 8.36. The number of nitrogens with one attached hydrogen (secondary N) is 1. The van der Waals surface area contributed by atoms with Crippen molar-refractivity contribution in [2.24, 2.45) is 5.92 Å². The van der Waals surface area contributed by atoms with E-state index in [0.717, 1.165) is 5.56 Å². The summed E-state index contributed by atoms with van der Waals surface area (Å²) >= 11 is 12.2. The standard InChI is InChI=1S/C25H32Cl2N2O3/c1-4-23(25(31)28-16-18(2)3)29(17-19-8-5-6-9-22(19)27)24(30)10-7-15-32-21-13-11-20(26)12-14-21/h5-6,8-9,11-14,18,23H,4,7,10,15-17H2,1-3H3,(H,28,31). The number of rotatable bonds is 12. The largest absolute Gasteiger partial charge is 0.494 e. The first-order chi connectivity index (χ1) is 15.3. The highest BCUT2D eigenvalue weighted by Gasteiger charge is 2.28. The zero-order valence-corrected chi connectivity index (χ0v) is 20.5. The molecular weight excluding hydrogens is 447 g/mol. The van der Waals surface area contributed by atoms with Crippen molar-refractivity contribution in [1.82, 2.24) is 10.2 Å². The van der Waals surface area contributed by atoms with Gasteiger partial charge in [0.05, 0.1) is 6.61 Å². The van der Waals surface area contributed by atoms with Crippen molar-refractivity contribution in [2.75, 3.05) is 13.2 Å². The average Bonchev–Trinajstić information content (AvgIpc) is 2.77. The molecule has 0 bridgehead atoms. The van der Waals surface area contributed by atoms with E-state index in [4.69, 9.17) is 27.9 Å². The maximum Gasteiger partial charge on any atom is 0.242 e. The molecule has 0 aromatic heterocycles. The molecule has 2 aromatic carbocycles. The van der Waals surface area contributed by atoms with Crippen LogP contribution in [0.5, 0.6) is 5.75 Å². The lowest BCUT2D eigenvalue weighted by Crippen LogP contribution is -2.49. The topological polar surface area (TPSA) is 58.6 Å². The molecule has 0 spiro atoms. The number of halogens is 2. The molecule has 174 valence electrons. The van der Waals surface area contributed by atoms with Gasteiger partial charge in [0, 0.05) is 29.6 Å². The van der Waals surface area contributed by atoms with Gasteiger partial charge in [-0.1, -0.05) is 62.2 Å². The molecule has 0 fully saturated rings. The quantitative estimate of drug-likeness (QED) is 0.396. The molecule has 0 aliphatic heterocycles. The summed E-state index contributed by atoms with van der Waals surface area (Å²) < 4.78 is 5.70. The number of ether oxygens (including phenoxy) is 1. The summed E-state index contributed by atoms with van der Waals surface area (Å²) in [5.41, 5.74) is 0.815. The predicted molar refractivity (Wildman–Crippen MR) is 130 cm³/mol. The smallest absolute Gasteiger partial charge is 0.242 e. The Kier molecular flexibility index (Phi) is 10.8. The van der Waals surface area contributed by atoms with Gasteiger partial charge in [-0.2, -0.15) is 0 Å². The maximum atomic E-state index is 13.2. The molecule has 0 aliphatic rings. The fourth-order valence-corrected chi connectivity index (χ4v) is 3.56. The Morgan fingerprint density at radius 1 is 1.06 bits per heavy atom. The number of carbonyl (C=O) groups is 2. The summed E-state index contributed by atoms with van der Waals surface area (Å²) in [6.45, 7) is 7.23. The van der Waals surface area contributed by atoms with Gasteiger partial charge < -0.3 is 15.0 Å². The minimum atomic E-state index is -0.560. The monoisotopic (exact) mass is 478 g/mol. The molecule has 2 amide bonds. The molecule has 0 heterocycles. The highest BCUT2D eigenvalue weighted by molar-refractivity contribution is 6.31. The van der Waals surface area contributed by atoms with Gasteiger partial charge in [0.2, 0.25) is 11.8 Å². The Labute approximate surface area is 201 Å². The molecule has 0 radical (unpaired) electrons. The molecule has 0 saturated carbocycles. The third-order valence-corrected chi connectivity index (χ3v) is 5.61. The number of amides is 2. The highest BCUT2D eigenvalue weighted by Crippen LogP contribution is 2.21. The fraction of sp³-hybridized carbons (Fsp3) is 0.440. The van der Waals surface area contributed by atoms with Crippen LogP contribution in [-0.2, 0) is 16.1 Å². The Bertz CT molecular complexity index is 872. The first kappa shape index (κ1) is 26.0. The van der Waals surface area contributed by atoms with Crippen LogP contribution in [0.25, 0.3) is 0 Å². The Morgan fingerprint density at radius 3 is 2.38 bits per heavy atom. The normalized spacial score (nSPS) is 11.8. The minimum Gasteiger partial charge on any atom is -0.494 e. The number of nitrogens with zero attached hydrogens (tertiary/aromatic N) is 1. The van der Waals surface area contributed by atoms with Crippen molar-refractivity contribution >= 4 is 35.0 Å². The van der Waals surface area contributed by atoms with E-state index >= 15 is 0 Å². The lowest BCUT2D eigenvalue weighted by atomic mass is 10.1. The fourth-order valence-electron chi connectivity index (χ4n) is 3.24. The summed E-state index contributed by atoms with van der Waals surface area (Å²) in [5.74, 6) is 0.790. The molecule has 0 saturated heterocycles. The minimum absolute atomic E-state index is 0.101. The highest BCUT2D eigenvalue weighted by atomic mass is 35.5.